The van der Waals surface area contributed by atoms with Gasteiger partial charge in [-0.3, -0.25) is 0 Å². The summed E-state index contributed by atoms with van der Waals surface area (Å²) in [5.41, 5.74) is 0.423. The highest BCUT2D eigenvalue weighted by Crippen LogP contribution is 2.27. The Morgan fingerprint density at radius 1 is 1.19 bits per heavy atom. The minimum atomic E-state index is -1.25. The summed E-state index contributed by atoms with van der Waals surface area (Å²) in [4.78, 5) is 23.8. The third-order valence-corrected chi connectivity index (χ3v) is 2.69. The summed E-state index contributed by atoms with van der Waals surface area (Å²) in [6.45, 7) is 6.90. The molecule has 0 spiro atoms. The van der Waals surface area contributed by atoms with Crippen molar-refractivity contribution in [2.24, 2.45) is 0 Å². The second-order valence-electron chi connectivity index (χ2n) is 4.87. The van der Waals surface area contributed by atoms with Gasteiger partial charge in [-0.05, 0) is 12.1 Å². The van der Waals surface area contributed by atoms with Gasteiger partial charge in [-0.1, -0.05) is 30.9 Å². The standard InChI is InChI=1S/C16H16O5/c1-4-9-19-13-8-6-5-7-11(13)10-12-14(17)20-16(2,3)21-15(12)18/h4-8,10H,1,9H2,2-3H3. The van der Waals surface area contributed by atoms with Crippen molar-refractivity contribution in [1.29, 1.82) is 0 Å². The van der Waals surface area contributed by atoms with Gasteiger partial charge in [0.2, 0.25) is 0 Å². The zero-order valence-corrected chi connectivity index (χ0v) is 11.9. The lowest BCUT2D eigenvalue weighted by Crippen LogP contribution is -2.41. The van der Waals surface area contributed by atoms with E-state index >= 15 is 0 Å². The fourth-order valence-electron chi connectivity index (χ4n) is 1.81. The van der Waals surface area contributed by atoms with Crippen molar-refractivity contribution in [3.63, 3.8) is 0 Å². The molecule has 110 valence electrons. The lowest BCUT2D eigenvalue weighted by Gasteiger charge is -2.29. The van der Waals surface area contributed by atoms with Crippen molar-refractivity contribution in [3.05, 3.63) is 48.1 Å². The predicted molar refractivity (Wildman–Crippen MR) is 76.4 cm³/mol. The molecule has 1 fully saturated rings. The van der Waals surface area contributed by atoms with Crippen LogP contribution in [0.2, 0.25) is 0 Å². The van der Waals surface area contributed by atoms with Crippen LogP contribution in [-0.4, -0.2) is 24.3 Å². The van der Waals surface area contributed by atoms with Crippen molar-refractivity contribution in [1.82, 2.24) is 0 Å². The average molecular weight is 288 g/mol. The molecule has 0 aliphatic carbocycles. The maximum absolute atomic E-state index is 11.9. The third-order valence-electron chi connectivity index (χ3n) is 2.69. The Bertz CT molecular complexity index is 591. The molecule has 0 bridgehead atoms. The summed E-state index contributed by atoms with van der Waals surface area (Å²) in [7, 11) is 0. The zero-order valence-electron chi connectivity index (χ0n) is 11.9. The van der Waals surface area contributed by atoms with Gasteiger partial charge in [-0.2, -0.15) is 0 Å². The molecule has 1 aliphatic heterocycles. The Morgan fingerprint density at radius 3 is 2.43 bits per heavy atom. The smallest absolute Gasteiger partial charge is 0.348 e. The van der Waals surface area contributed by atoms with E-state index in [1.165, 1.54) is 19.9 Å². The number of carbonyl (C=O) groups excluding carboxylic acids is 2. The second kappa shape index (κ2) is 5.83. The lowest BCUT2D eigenvalue weighted by atomic mass is 10.1. The number of carbonyl (C=O) groups is 2. The molecular weight excluding hydrogens is 272 g/mol. The van der Waals surface area contributed by atoms with Crippen LogP contribution in [0.1, 0.15) is 19.4 Å². The van der Waals surface area contributed by atoms with Gasteiger partial charge >= 0.3 is 11.9 Å². The van der Waals surface area contributed by atoms with Gasteiger partial charge < -0.3 is 14.2 Å². The number of benzene rings is 1. The van der Waals surface area contributed by atoms with E-state index in [0.29, 0.717) is 17.9 Å². The van der Waals surface area contributed by atoms with Gasteiger partial charge in [-0.15, -0.1) is 0 Å². The fraction of sp³-hybridized carbons (Fsp3) is 0.250. The highest BCUT2D eigenvalue weighted by molar-refractivity contribution is 6.19. The van der Waals surface area contributed by atoms with E-state index in [1.807, 2.05) is 0 Å². The lowest BCUT2D eigenvalue weighted by molar-refractivity contribution is -0.222. The highest BCUT2D eigenvalue weighted by Gasteiger charge is 2.38. The van der Waals surface area contributed by atoms with Crippen molar-refractivity contribution in [2.45, 2.75) is 19.6 Å². The molecule has 1 aromatic carbocycles. The number of para-hydroxylation sites is 1. The molecule has 5 heteroatoms. The van der Waals surface area contributed by atoms with E-state index in [0.717, 1.165) is 0 Å². The van der Waals surface area contributed by atoms with Crippen LogP contribution in [0.5, 0.6) is 5.75 Å². The largest absolute Gasteiger partial charge is 0.489 e. The van der Waals surface area contributed by atoms with E-state index in [9.17, 15) is 9.59 Å². The van der Waals surface area contributed by atoms with Gasteiger partial charge in [0.1, 0.15) is 17.9 Å². The molecule has 0 aromatic heterocycles. The molecule has 5 nitrogen and oxygen atoms in total. The van der Waals surface area contributed by atoms with Crippen molar-refractivity contribution >= 4 is 18.0 Å². The Hall–Kier alpha value is -2.56. The van der Waals surface area contributed by atoms with Crippen LogP contribution >= 0.6 is 0 Å². The summed E-state index contributed by atoms with van der Waals surface area (Å²) in [6, 6.07) is 7.03. The molecule has 0 amide bonds. The Labute approximate surface area is 122 Å². The predicted octanol–water partition coefficient (Wildman–Crippen LogP) is 2.47. The maximum atomic E-state index is 11.9. The minimum Gasteiger partial charge on any atom is -0.489 e. The molecule has 1 aromatic rings. The van der Waals surface area contributed by atoms with Crippen LogP contribution in [-0.2, 0) is 19.1 Å². The summed E-state index contributed by atoms with van der Waals surface area (Å²) in [6.07, 6.45) is 3.01. The fourth-order valence-corrected chi connectivity index (χ4v) is 1.81. The first kappa shape index (κ1) is 14.8. The van der Waals surface area contributed by atoms with Crippen LogP contribution in [0.3, 0.4) is 0 Å². The number of esters is 2. The molecule has 0 unspecified atom stereocenters. The van der Waals surface area contributed by atoms with Gasteiger partial charge in [0, 0.05) is 19.4 Å². The second-order valence-corrected chi connectivity index (χ2v) is 4.87. The first-order chi connectivity index (χ1) is 9.93. The molecular formula is C16H16O5. The van der Waals surface area contributed by atoms with Gasteiger partial charge in [0.25, 0.3) is 5.79 Å². The molecule has 1 heterocycles. The van der Waals surface area contributed by atoms with E-state index < -0.39 is 17.7 Å². The van der Waals surface area contributed by atoms with Gasteiger partial charge in [0.15, 0.2) is 0 Å². The Balaban J connectivity index is 2.33. The first-order valence-corrected chi connectivity index (χ1v) is 6.44. The molecule has 0 atom stereocenters. The Morgan fingerprint density at radius 2 is 1.81 bits per heavy atom. The monoisotopic (exact) mass is 288 g/mol. The topological polar surface area (TPSA) is 61.8 Å². The Kier molecular flexibility index (Phi) is 4.12. The molecule has 1 saturated heterocycles. The van der Waals surface area contributed by atoms with E-state index in [2.05, 4.69) is 6.58 Å². The third kappa shape index (κ3) is 3.51. The normalized spacial score (nSPS) is 16.8. The number of hydrogen-bond acceptors (Lipinski definition) is 5. The van der Waals surface area contributed by atoms with Crippen LogP contribution in [0.15, 0.2) is 42.5 Å². The van der Waals surface area contributed by atoms with Crippen molar-refractivity contribution < 1.29 is 23.8 Å². The molecule has 0 N–H and O–H groups in total. The van der Waals surface area contributed by atoms with Crippen LogP contribution < -0.4 is 4.74 Å². The summed E-state index contributed by atoms with van der Waals surface area (Å²) in [5.74, 6) is -2.13. The summed E-state index contributed by atoms with van der Waals surface area (Å²) in [5, 5.41) is 0. The molecule has 1 aliphatic rings. The minimum absolute atomic E-state index is 0.163. The van der Waals surface area contributed by atoms with E-state index in [1.54, 1.807) is 30.3 Å². The molecule has 0 saturated carbocycles. The van der Waals surface area contributed by atoms with Gasteiger partial charge in [-0.25, -0.2) is 9.59 Å². The van der Waals surface area contributed by atoms with E-state index in [4.69, 9.17) is 14.2 Å². The first-order valence-electron chi connectivity index (χ1n) is 6.44. The summed E-state index contributed by atoms with van der Waals surface area (Å²) >= 11 is 0. The maximum Gasteiger partial charge on any atom is 0.348 e. The average Bonchev–Trinajstić information content (AvgIpc) is 2.40. The molecule has 21 heavy (non-hydrogen) atoms. The van der Waals surface area contributed by atoms with E-state index in [-0.39, 0.29) is 5.57 Å². The van der Waals surface area contributed by atoms with Crippen molar-refractivity contribution in [3.8, 4) is 5.75 Å². The number of rotatable bonds is 4. The van der Waals surface area contributed by atoms with Crippen molar-refractivity contribution in [2.75, 3.05) is 6.61 Å². The van der Waals surface area contributed by atoms with Crippen LogP contribution in [0, 0.1) is 0 Å². The number of hydrogen-bond donors (Lipinski definition) is 0. The zero-order chi connectivity index (χ0) is 15.5. The van der Waals surface area contributed by atoms with Crippen LogP contribution in [0.25, 0.3) is 6.08 Å². The quantitative estimate of drug-likeness (QED) is 0.368. The summed E-state index contributed by atoms with van der Waals surface area (Å²) < 4.78 is 15.6. The number of cyclic esters (lactones) is 2. The van der Waals surface area contributed by atoms with Crippen LogP contribution in [0.4, 0.5) is 0 Å². The molecule has 2 rings (SSSR count). The molecule has 0 radical (unpaired) electrons. The SMILES string of the molecule is C=CCOc1ccccc1C=C1C(=O)OC(C)(C)OC1=O. The van der Waals surface area contributed by atoms with Gasteiger partial charge in [0.05, 0.1) is 0 Å². The highest BCUT2D eigenvalue weighted by atomic mass is 16.7. The number of ether oxygens (including phenoxy) is 3.